The molecule has 0 aliphatic carbocycles. The Morgan fingerprint density at radius 3 is 2.48 bits per heavy atom. The van der Waals surface area contributed by atoms with Gasteiger partial charge in [0.25, 0.3) is 11.8 Å². The summed E-state index contributed by atoms with van der Waals surface area (Å²) < 4.78 is 15.3. The molecule has 2 amide bonds. The smallest absolute Gasteiger partial charge is 0.294 e. The number of nitrogens with zero attached hydrogens (tertiary/aromatic N) is 2. The number of rotatable bonds is 3. The standard InChI is InChI=1S/C23H20FN3O2/c1-16-7-3-4-8-19(16)25-22(29)23(2)20-9-5-6-14-26(20)15-21(28)27(23)18-12-10-17(24)11-13-18/h3-14H,15H2,1-2H3/p+1. The van der Waals surface area contributed by atoms with Gasteiger partial charge in [-0.3, -0.25) is 14.5 Å². The van der Waals surface area contributed by atoms with Gasteiger partial charge in [-0.1, -0.05) is 24.3 Å². The summed E-state index contributed by atoms with van der Waals surface area (Å²) in [5.41, 5.74) is 1.42. The molecule has 0 saturated heterocycles. The topological polar surface area (TPSA) is 53.3 Å². The molecule has 0 fully saturated rings. The van der Waals surface area contributed by atoms with E-state index >= 15 is 0 Å². The van der Waals surface area contributed by atoms with Crippen molar-refractivity contribution in [3.05, 3.63) is 90.0 Å². The highest BCUT2D eigenvalue weighted by Gasteiger charge is 2.54. The molecular weight excluding hydrogens is 369 g/mol. The third-order valence-corrected chi connectivity index (χ3v) is 5.36. The van der Waals surface area contributed by atoms with Crippen LogP contribution in [0.3, 0.4) is 0 Å². The zero-order valence-electron chi connectivity index (χ0n) is 16.2. The highest BCUT2D eigenvalue weighted by atomic mass is 19.1. The Balaban J connectivity index is 1.86. The minimum atomic E-state index is -1.32. The van der Waals surface area contributed by atoms with Crippen molar-refractivity contribution in [2.24, 2.45) is 0 Å². The summed E-state index contributed by atoms with van der Waals surface area (Å²) in [6.45, 7) is 3.72. The molecule has 1 aromatic heterocycles. The van der Waals surface area contributed by atoms with Crippen LogP contribution in [0.2, 0.25) is 0 Å². The Morgan fingerprint density at radius 1 is 1.07 bits per heavy atom. The van der Waals surface area contributed by atoms with Crippen molar-refractivity contribution in [1.29, 1.82) is 0 Å². The molecule has 1 N–H and O–H groups in total. The van der Waals surface area contributed by atoms with Gasteiger partial charge in [0.05, 0.1) is 0 Å². The van der Waals surface area contributed by atoms with Crippen molar-refractivity contribution in [1.82, 2.24) is 0 Å². The van der Waals surface area contributed by atoms with Crippen molar-refractivity contribution < 1.29 is 18.5 Å². The summed E-state index contributed by atoms with van der Waals surface area (Å²) in [4.78, 5) is 28.2. The molecule has 1 atom stereocenters. The zero-order valence-corrected chi connectivity index (χ0v) is 16.2. The van der Waals surface area contributed by atoms with Gasteiger partial charge in [-0.25, -0.2) is 4.39 Å². The minimum Gasteiger partial charge on any atom is -0.323 e. The molecule has 4 rings (SSSR count). The van der Waals surface area contributed by atoms with Crippen LogP contribution in [-0.2, 0) is 21.7 Å². The summed E-state index contributed by atoms with van der Waals surface area (Å²) in [5.74, 6) is -0.995. The maximum Gasteiger partial charge on any atom is 0.294 e. The van der Waals surface area contributed by atoms with Crippen LogP contribution in [0, 0.1) is 12.7 Å². The number of pyridine rings is 1. The predicted octanol–water partition coefficient (Wildman–Crippen LogP) is 3.32. The maximum atomic E-state index is 13.6. The van der Waals surface area contributed by atoms with Crippen LogP contribution in [0.25, 0.3) is 0 Å². The van der Waals surface area contributed by atoms with E-state index in [1.165, 1.54) is 29.2 Å². The van der Waals surface area contributed by atoms with Gasteiger partial charge in [0.2, 0.25) is 17.8 Å². The zero-order chi connectivity index (χ0) is 20.6. The van der Waals surface area contributed by atoms with Gasteiger partial charge in [0.15, 0.2) is 6.20 Å². The Kier molecular flexibility index (Phi) is 4.62. The summed E-state index contributed by atoms with van der Waals surface area (Å²) in [7, 11) is 0. The number of carbonyl (C=O) groups is 2. The molecule has 1 aliphatic heterocycles. The lowest BCUT2D eigenvalue weighted by atomic mass is 9.89. The first kappa shape index (κ1) is 18.8. The van der Waals surface area contributed by atoms with Crippen molar-refractivity contribution in [2.45, 2.75) is 25.9 Å². The average molecular weight is 390 g/mol. The number of aromatic nitrogens is 1. The lowest BCUT2D eigenvalue weighted by Crippen LogP contribution is -2.67. The van der Waals surface area contributed by atoms with Crippen molar-refractivity contribution in [3.63, 3.8) is 0 Å². The number of anilines is 2. The highest BCUT2D eigenvalue weighted by molar-refractivity contribution is 6.08. The number of nitrogens with one attached hydrogen (secondary N) is 1. The van der Waals surface area contributed by atoms with E-state index in [2.05, 4.69) is 5.32 Å². The van der Waals surface area contributed by atoms with Crippen LogP contribution < -0.4 is 14.8 Å². The fourth-order valence-electron chi connectivity index (χ4n) is 3.80. The molecule has 3 aromatic rings. The lowest BCUT2D eigenvalue weighted by molar-refractivity contribution is -0.697. The number of aryl methyl sites for hydroxylation is 1. The predicted molar refractivity (Wildman–Crippen MR) is 108 cm³/mol. The largest absolute Gasteiger partial charge is 0.323 e. The van der Waals surface area contributed by atoms with Crippen molar-refractivity contribution in [3.8, 4) is 0 Å². The van der Waals surface area contributed by atoms with Crippen LogP contribution in [0.1, 0.15) is 18.2 Å². The fourth-order valence-corrected chi connectivity index (χ4v) is 3.80. The SMILES string of the molecule is Cc1ccccc1NC(=O)C1(C)c2cccc[n+]2CC(=O)N1c1ccc(F)cc1. The highest BCUT2D eigenvalue weighted by Crippen LogP contribution is 2.35. The van der Waals surface area contributed by atoms with E-state index in [4.69, 9.17) is 0 Å². The number of para-hydroxylation sites is 1. The van der Waals surface area contributed by atoms with Gasteiger partial charge in [-0.05, 0) is 49.7 Å². The van der Waals surface area contributed by atoms with Crippen LogP contribution in [0.4, 0.5) is 15.8 Å². The number of hydrogen-bond acceptors (Lipinski definition) is 2. The monoisotopic (exact) mass is 390 g/mol. The summed E-state index contributed by atoms with van der Waals surface area (Å²) in [5, 5.41) is 2.97. The quantitative estimate of drug-likeness (QED) is 0.698. The molecule has 0 bridgehead atoms. The van der Waals surface area contributed by atoms with E-state index in [0.29, 0.717) is 17.1 Å². The van der Waals surface area contributed by atoms with Gasteiger partial charge in [0, 0.05) is 23.5 Å². The summed E-state index contributed by atoms with van der Waals surface area (Å²) in [6, 6.07) is 18.6. The minimum absolute atomic E-state index is 0.0980. The van der Waals surface area contributed by atoms with Crippen LogP contribution in [-0.4, -0.2) is 11.8 Å². The van der Waals surface area contributed by atoms with Crippen LogP contribution >= 0.6 is 0 Å². The second kappa shape index (κ2) is 7.13. The third kappa shape index (κ3) is 3.16. The Labute approximate surface area is 168 Å². The third-order valence-electron chi connectivity index (χ3n) is 5.36. The van der Waals surface area contributed by atoms with Crippen molar-refractivity contribution >= 4 is 23.2 Å². The fraction of sp³-hybridized carbons (Fsp3) is 0.174. The van der Waals surface area contributed by atoms with Crippen LogP contribution in [0.5, 0.6) is 0 Å². The first-order valence-corrected chi connectivity index (χ1v) is 9.36. The first-order chi connectivity index (χ1) is 13.9. The van der Waals surface area contributed by atoms with Gasteiger partial charge < -0.3 is 5.32 Å². The second-order valence-electron chi connectivity index (χ2n) is 7.26. The van der Waals surface area contributed by atoms with Crippen LogP contribution in [0.15, 0.2) is 72.9 Å². The number of hydrogen-bond donors (Lipinski definition) is 1. The number of carbonyl (C=O) groups excluding carboxylic acids is 2. The molecule has 0 spiro atoms. The summed E-state index contributed by atoms with van der Waals surface area (Å²) in [6.07, 6.45) is 1.79. The lowest BCUT2D eigenvalue weighted by Gasteiger charge is -2.40. The Bertz CT molecular complexity index is 1100. The Morgan fingerprint density at radius 2 is 1.76 bits per heavy atom. The van der Waals surface area contributed by atoms with Gasteiger partial charge in [-0.2, -0.15) is 4.57 Å². The van der Waals surface area contributed by atoms with Gasteiger partial charge >= 0.3 is 0 Å². The van der Waals surface area contributed by atoms with E-state index < -0.39 is 11.4 Å². The molecule has 146 valence electrons. The molecular formula is C23H21FN3O2+. The number of amides is 2. The molecule has 1 aliphatic rings. The molecule has 2 aromatic carbocycles. The van der Waals surface area contributed by atoms with Gasteiger partial charge in [-0.15, -0.1) is 0 Å². The normalized spacial score (nSPS) is 18.3. The van der Waals surface area contributed by atoms with E-state index in [1.807, 2.05) is 49.4 Å². The van der Waals surface area contributed by atoms with E-state index in [-0.39, 0.29) is 18.4 Å². The number of halogens is 1. The summed E-state index contributed by atoms with van der Waals surface area (Å²) >= 11 is 0. The molecule has 2 heterocycles. The maximum absolute atomic E-state index is 13.6. The van der Waals surface area contributed by atoms with E-state index in [0.717, 1.165) is 5.56 Å². The molecule has 29 heavy (non-hydrogen) atoms. The van der Waals surface area contributed by atoms with E-state index in [1.54, 1.807) is 17.7 Å². The van der Waals surface area contributed by atoms with E-state index in [9.17, 15) is 14.0 Å². The van der Waals surface area contributed by atoms with Crippen molar-refractivity contribution in [2.75, 3.05) is 10.2 Å². The average Bonchev–Trinajstić information content (AvgIpc) is 2.71. The molecule has 1 unspecified atom stereocenters. The number of fused-ring (bicyclic) bond motifs is 1. The Hall–Kier alpha value is -3.54. The van der Waals surface area contributed by atoms with Gasteiger partial charge in [0.1, 0.15) is 5.82 Å². The molecule has 0 radical (unpaired) electrons. The second-order valence-corrected chi connectivity index (χ2v) is 7.26. The number of benzene rings is 2. The molecule has 6 heteroatoms. The molecule has 0 saturated carbocycles. The first-order valence-electron chi connectivity index (χ1n) is 9.36. The molecule has 5 nitrogen and oxygen atoms in total.